The Morgan fingerprint density at radius 2 is 1.92 bits per heavy atom. The summed E-state index contributed by atoms with van der Waals surface area (Å²) >= 11 is 0. The van der Waals surface area contributed by atoms with Crippen LogP contribution in [0.15, 0.2) is 24.3 Å². The molecule has 0 aliphatic carbocycles. The monoisotopic (exact) mass is 346 g/mol. The lowest BCUT2D eigenvalue weighted by Gasteiger charge is -2.36. The van der Waals surface area contributed by atoms with Gasteiger partial charge in [-0.2, -0.15) is 0 Å². The van der Waals surface area contributed by atoms with Crippen LogP contribution in [0.3, 0.4) is 0 Å². The summed E-state index contributed by atoms with van der Waals surface area (Å²) in [6.45, 7) is 14.1. The van der Waals surface area contributed by atoms with Gasteiger partial charge in [0, 0.05) is 38.4 Å². The van der Waals surface area contributed by atoms with Crippen LogP contribution >= 0.6 is 0 Å². The minimum atomic E-state index is -0.453. The number of carbonyl (C=O) groups excluding carboxylic acids is 1. The number of hydrogen-bond acceptors (Lipinski definition) is 4. The summed E-state index contributed by atoms with van der Waals surface area (Å²) in [4.78, 5) is 16.9. The highest BCUT2D eigenvalue weighted by molar-refractivity contribution is 5.82. The third-order valence-corrected chi connectivity index (χ3v) is 4.90. The fourth-order valence-electron chi connectivity index (χ4n) is 3.07. The Labute approximate surface area is 152 Å². The van der Waals surface area contributed by atoms with E-state index >= 15 is 0 Å². The lowest BCUT2D eigenvalue weighted by atomic mass is 9.87. The maximum absolute atomic E-state index is 12.0. The number of rotatable bonds is 6. The highest BCUT2D eigenvalue weighted by Gasteiger charge is 2.27. The molecule has 2 rings (SSSR count). The average molecular weight is 347 g/mol. The fraction of sp³-hybridized carbons (Fsp3) is 0.650. The number of nitrogens with one attached hydrogen (secondary N) is 1. The predicted octanol–water partition coefficient (Wildman–Crippen LogP) is 2.00. The molecule has 5 nitrogen and oxygen atoms in total. The van der Waals surface area contributed by atoms with Crippen LogP contribution in [0.5, 0.6) is 0 Å². The fourth-order valence-corrected chi connectivity index (χ4v) is 3.07. The predicted molar refractivity (Wildman–Crippen MR) is 105 cm³/mol. The number of nitrogens with zero attached hydrogens (tertiary/aromatic N) is 2. The van der Waals surface area contributed by atoms with Crippen LogP contribution in [0.1, 0.15) is 32.8 Å². The maximum atomic E-state index is 12.0. The molecule has 1 atom stereocenters. The average Bonchev–Trinajstić information content (AvgIpc) is 2.57. The van der Waals surface area contributed by atoms with Crippen molar-refractivity contribution in [2.45, 2.75) is 40.2 Å². The molecule has 1 amide bonds. The van der Waals surface area contributed by atoms with Gasteiger partial charge < -0.3 is 16.0 Å². The van der Waals surface area contributed by atoms with E-state index in [2.05, 4.69) is 46.3 Å². The van der Waals surface area contributed by atoms with E-state index in [9.17, 15) is 4.79 Å². The van der Waals surface area contributed by atoms with E-state index in [1.165, 1.54) is 11.3 Å². The summed E-state index contributed by atoms with van der Waals surface area (Å²) < 4.78 is 0. The quantitative estimate of drug-likeness (QED) is 0.774. The number of nitrogens with two attached hydrogens (primary N) is 1. The van der Waals surface area contributed by atoms with Crippen molar-refractivity contribution in [3.8, 4) is 0 Å². The standard InChI is InChI=1S/C20H34N4O/c1-16-7-5-8-17(15-16)24-13-11-23(12-14-24)10-6-9-22-19(25)18(21)20(2,3)4/h5,7-8,15,18H,6,9-14,21H2,1-4H3,(H,22,25)/t18-/m1/s1. The van der Waals surface area contributed by atoms with Crippen molar-refractivity contribution >= 4 is 11.6 Å². The summed E-state index contributed by atoms with van der Waals surface area (Å²) in [5.74, 6) is -0.0447. The molecule has 0 spiro atoms. The van der Waals surface area contributed by atoms with E-state index in [0.717, 1.165) is 39.1 Å². The molecule has 0 aromatic heterocycles. The van der Waals surface area contributed by atoms with E-state index < -0.39 is 6.04 Å². The molecule has 25 heavy (non-hydrogen) atoms. The number of amides is 1. The molecule has 1 aliphatic rings. The first kappa shape index (κ1) is 19.7. The Balaban J connectivity index is 1.65. The zero-order chi connectivity index (χ0) is 18.4. The van der Waals surface area contributed by atoms with E-state index in [1.54, 1.807) is 0 Å². The Hall–Kier alpha value is -1.59. The Morgan fingerprint density at radius 3 is 2.52 bits per heavy atom. The number of anilines is 1. The van der Waals surface area contributed by atoms with Crippen LogP contribution in [0.2, 0.25) is 0 Å². The molecule has 5 heteroatoms. The third-order valence-electron chi connectivity index (χ3n) is 4.90. The van der Waals surface area contributed by atoms with Gasteiger partial charge in [-0.15, -0.1) is 0 Å². The molecule has 1 aromatic carbocycles. The lowest BCUT2D eigenvalue weighted by molar-refractivity contribution is -0.124. The van der Waals surface area contributed by atoms with Crippen molar-refractivity contribution < 1.29 is 4.79 Å². The molecule has 3 N–H and O–H groups in total. The first-order valence-corrected chi connectivity index (χ1v) is 9.34. The second-order valence-corrected chi connectivity index (χ2v) is 8.16. The van der Waals surface area contributed by atoms with Gasteiger partial charge in [-0.25, -0.2) is 0 Å². The zero-order valence-corrected chi connectivity index (χ0v) is 16.2. The Morgan fingerprint density at radius 1 is 1.24 bits per heavy atom. The lowest BCUT2D eigenvalue weighted by Crippen LogP contribution is -2.49. The highest BCUT2D eigenvalue weighted by atomic mass is 16.2. The molecular formula is C20H34N4O. The number of hydrogen-bond donors (Lipinski definition) is 2. The van der Waals surface area contributed by atoms with Crippen molar-refractivity contribution in [3.63, 3.8) is 0 Å². The number of benzene rings is 1. The molecule has 1 fully saturated rings. The summed E-state index contributed by atoms with van der Waals surface area (Å²) in [6.07, 6.45) is 0.965. The van der Waals surface area contributed by atoms with Gasteiger partial charge in [0.05, 0.1) is 6.04 Å². The second-order valence-electron chi connectivity index (χ2n) is 8.16. The molecule has 0 bridgehead atoms. The molecule has 140 valence electrons. The van der Waals surface area contributed by atoms with Crippen molar-refractivity contribution in [1.82, 2.24) is 10.2 Å². The minimum absolute atomic E-state index is 0.0447. The smallest absolute Gasteiger partial charge is 0.237 e. The Bertz CT molecular complexity index is 559. The first-order valence-electron chi connectivity index (χ1n) is 9.34. The van der Waals surface area contributed by atoms with Crippen LogP contribution in [-0.2, 0) is 4.79 Å². The van der Waals surface area contributed by atoms with Gasteiger partial charge in [0.2, 0.25) is 5.91 Å². The molecule has 1 aliphatic heterocycles. The topological polar surface area (TPSA) is 61.6 Å². The molecule has 0 saturated carbocycles. The summed E-state index contributed by atoms with van der Waals surface area (Å²) in [6, 6.07) is 8.26. The van der Waals surface area contributed by atoms with E-state index in [1.807, 2.05) is 20.8 Å². The van der Waals surface area contributed by atoms with Gasteiger partial charge in [-0.3, -0.25) is 9.69 Å². The van der Waals surface area contributed by atoms with Crippen LogP contribution < -0.4 is 16.0 Å². The van der Waals surface area contributed by atoms with Gasteiger partial charge in [-0.1, -0.05) is 32.9 Å². The van der Waals surface area contributed by atoms with Crippen molar-refractivity contribution in [1.29, 1.82) is 0 Å². The molecule has 1 aromatic rings. The van der Waals surface area contributed by atoms with E-state index in [0.29, 0.717) is 6.54 Å². The number of aryl methyl sites for hydroxylation is 1. The van der Waals surface area contributed by atoms with E-state index in [-0.39, 0.29) is 11.3 Å². The number of piperazine rings is 1. The zero-order valence-electron chi connectivity index (χ0n) is 16.2. The first-order chi connectivity index (χ1) is 11.8. The normalized spacial score (nSPS) is 17.4. The van der Waals surface area contributed by atoms with Gasteiger partial charge in [0.1, 0.15) is 0 Å². The third kappa shape index (κ3) is 6.01. The maximum Gasteiger partial charge on any atom is 0.237 e. The molecule has 1 heterocycles. The van der Waals surface area contributed by atoms with Crippen molar-refractivity contribution in [3.05, 3.63) is 29.8 Å². The number of carbonyl (C=O) groups is 1. The molecule has 0 unspecified atom stereocenters. The Kier molecular flexibility index (Phi) is 6.85. The molecular weight excluding hydrogens is 312 g/mol. The van der Waals surface area contributed by atoms with Crippen LogP contribution in [0.25, 0.3) is 0 Å². The van der Waals surface area contributed by atoms with Crippen molar-refractivity contribution in [2.24, 2.45) is 11.1 Å². The van der Waals surface area contributed by atoms with Crippen LogP contribution in [-0.4, -0.2) is 56.1 Å². The highest BCUT2D eigenvalue weighted by Crippen LogP contribution is 2.18. The summed E-state index contributed by atoms with van der Waals surface area (Å²) in [5.41, 5.74) is 8.41. The summed E-state index contributed by atoms with van der Waals surface area (Å²) in [7, 11) is 0. The molecule has 0 radical (unpaired) electrons. The minimum Gasteiger partial charge on any atom is -0.369 e. The van der Waals surface area contributed by atoms with Crippen molar-refractivity contribution in [2.75, 3.05) is 44.2 Å². The van der Waals surface area contributed by atoms with Gasteiger partial charge >= 0.3 is 0 Å². The van der Waals surface area contributed by atoms with Gasteiger partial charge in [-0.05, 0) is 43.0 Å². The summed E-state index contributed by atoms with van der Waals surface area (Å²) in [5, 5.41) is 2.97. The second kappa shape index (κ2) is 8.68. The van der Waals surface area contributed by atoms with E-state index in [4.69, 9.17) is 5.73 Å². The van der Waals surface area contributed by atoms with Crippen LogP contribution in [0, 0.1) is 12.3 Å². The van der Waals surface area contributed by atoms with Gasteiger partial charge in [0.25, 0.3) is 0 Å². The van der Waals surface area contributed by atoms with Crippen LogP contribution in [0.4, 0.5) is 5.69 Å². The van der Waals surface area contributed by atoms with Gasteiger partial charge in [0.15, 0.2) is 0 Å². The SMILES string of the molecule is Cc1cccc(N2CCN(CCCNC(=O)[C@@H](N)C(C)(C)C)CC2)c1. The largest absolute Gasteiger partial charge is 0.369 e. The molecule has 1 saturated heterocycles.